The summed E-state index contributed by atoms with van der Waals surface area (Å²) in [5.41, 5.74) is 3.45. The molecular formula is C26H24N4O5. The molecule has 3 aromatic carbocycles. The second kappa shape index (κ2) is 10.3. The first-order valence-corrected chi connectivity index (χ1v) is 11.0. The number of benzene rings is 3. The Balaban J connectivity index is 1.69. The van der Waals surface area contributed by atoms with Crippen molar-refractivity contribution in [3.63, 3.8) is 0 Å². The van der Waals surface area contributed by atoms with Gasteiger partial charge in [0.05, 0.1) is 29.9 Å². The first-order chi connectivity index (χ1) is 16.9. The lowest BCUT2D eigenvalue weighted by atomic mass is 10.1. The van der Waals surface area contributed by atoms with Gasteiger partial charge >= 0.3 is 5.97 Å². The first-order valence-electron chi connectivity index (χ1n) is 11.0. The molecule has 0 bridgehead atoms. The summed E-state index contributed by atoms with van der Waals surface area (Å²) in [7, 11) is 1.32. The molecule has 1 amide bonds. The molecule has 1 aliphatic heterocycles. The number of methoxy groups -OCH3 is 1. The Morgan fingerprint density at radius 1 is 1.03 bits per heavy atom. The molecule has 1 atom stereocenters. The third-order valence-electron chi connectivity index (χ3n) is 5.78. The highest BCUT2D eigenvalue weighted by molar-refractivity contribution is 5.99. The number of nitro groups is 1. The van der Waals surface area contributed by atoms with Gasteiger partial charge in [-0.2, -0.15) is 5.10 Å². The van der Waals surface area contributed by atoms with E-state index in [0.717, 1.165) is 11.1 Å². The number of esters is 1. The number of carbonyl (C=O) groups excluding carboxylic acids is 2. The van der Waals surface area contributed by atoms with Gasteiger partial charge in [0.2, 0.25) is 0 Å². The van der Waals surface area contributed by atoms with Crippen LogP contribution in [0.2, 0.25) is 0 Å². The van der Waals surface area contributed by atoms with Crippen LogP contribution >= 0.6 is 0 Å². The lowest BCUT2D eigenvalue weighted by Crippen LogP contribution is -2.29. The van der Waals surface area contributed by atoms with Crippen LogP contribution < -0.4 is 0 Å². The molecule has 4 rings (SSSR count). The molecule has 1 aliphatic rings. The third-order valence-corrected chi connectivity index (χ3v) is 5.78. The van der Waals surface area contributed by atoms with Gasteiger partial charge in [-0.05, 0) is 47.9 Å². The van der Waals surface area contributed by atoms with E-state index in [1.165, 1.54) is 24.3 Å². The molecule has 0 aromatic heterocycles. The molecule has 0 spiro atoms. The van der Waals surface area contributed by atoms with E-state index >= 15 is 0 Å². The molecule has 9 nitrogen and oxygen atoms in total. The summed E-state index contributed by atoms with van der Waals surface area (Å²) in [6.45, 7) is 2.44. The maximum absolute atomic E-state index is 13.1. The minimum Gasteiger partial charge on any atom is -0.465 e. The van der Waals surface area contributed by atoms with Gasteiger partial charge in [0.15, 0.2) is 0 Å². The van der Waals surface area contributed by atoms with Gasteiger partial charge in [0.1, 0.15) is 6.17 Å². The molecule has 1 heterocycles. The average Bonchev–Trinajstić information content (AvgIpc) is 3.18. The summed E-state index contributed by atoms with van der Waals surface area (Å²) in [4.78, 5) is 37.5. The number of ether oxygens (including phenoxy) is 1. The number of hydrazone groups is 1. The number of nitrogens with zero attached hydrogens (tertiary/aromatic N) is 4. The number of non-ortho nitro benzene ring substituents is 1. The predicted octanol–water partition coefficient (Wildman–Crippen LogP) is 4.15. The zero-order valence-corrected chi connectivity index (χ0v) is 19.3. The van der Waals surface area contributed by atoms with Gasteiger partial charge in [-0.1, -0.05) is 42.5 Å². The summed E-state index contributed by atoms with van der Waals surface area (Å²) >= 11 is 0. The highest BCUT2D eigenvalue weighted by Crippen LogP contribution is 2.33. The molecule has 0 saturated carbocycles. The van der Waals surface area contributed by atoms with E-state index < -0.39 is 17.1 Å². The van der Waals surface area contributed by atoms with E-state index in [0.29, 0.717) is 23.4 Å². The maximum Gasteiger partial charge on any atom is 0.337 e. The van der Waals surface area contributed by atoms with Gasteiger partial charge < -0.3 is 4.74 Å². The summed E-state index contributed by atoms with van der Waals surface area (Å²) in [5, 5.41) is 17.0. The van der Waals surface area contributed by atoms with E-state index in [4.69, 9.17) is 4.74 Å². The molecule has 0 aliphatic carbocycles. The van der Waals surface area contributed by atoms with Crippen LogP contribution in [0.1, 0.15) is 40.1 Å². The van der Waals surface area contributed by atoms with Crippen LogP contribution in [0.4, 0.5) is 5.69 Å². The first kappa shape index (κ1) is 23.8. The summed E-state index contributed by atoms with van der Waals surface area (Å²) < 4.78 is 4.79. The topological polar surface area (TPSA) is 105 Å². The van der Waals surface area contributed by atoms with Crippen molar-refractivity contribution in [1.29, 1.82) is 0 Å². The van der Waals surface area contributed by atoms with Crippen molar-refractivity contribution < 1.29 is 19.2 Å². The normalized spacial score (nSPS) is 16.4. The number of hydrogen-bond donors (Lipinski definition) is 0. The highest BCUT2D eigenvalue weighted by Gasteiger charge is 2.39. The van der Waals surface area contributed by atoms with Gasteiger partial charge in [0, 0.05) is 18.7 Å². The van der Waals surface area contributed by atoms with Gasteiger partial charge in [-0.15, -0.1) is 0 Å². The van der Waals surface area contributed by atoms with Crippen LogP contribution in [0.3, 0.4) is 0 Å². The zero-order valence-electron chi connectivity index (χ0n) is 19.3. The van der Waals surface area contributed by atoms with Crippen LogP contribution in [0.15, 0.2) is 84.0 Å². The number of carbonyl (C=O) groups is 2. The molecule has 1 fully saturated rings. The highest BCUT2D eigenvalue weighted by atomic mass is 16.6. The minimum atomic E-state index is -0.498. The summed E-state index contributed by atoms with van der Waals surface area (Å²) in [6.07, 6.45) is -0.498. The molecule has 0 unspecified atom stereocenters. The SMILES string of the molecule is COC(=O)c1ccc([C@H]2N(Cc3ccccc3)CC(=O)N2/N=C(/C)c2ccc([N+](=O)[O-])cc2)cc1. The van der Waals surface area contributed by atoms with E-state index in [2.05, 4.69) is 5.10 Å². The molecule has 1 saturated heterocycles. The van der Waals surface area contributed by atoms with E-state index in [1.807, 2.05) is 35.2 Å². The Morgan fingerprint density at radius 3 is 2.26 bits per heavy atom. The van der Waals surface area contributed by atoms with Crippen LogP contribution in [0.25, 0.3) is 0 Å². The molecule has 35 heavy (non-hydrogen) atoms. The molecule has 178 valence electrons. The monoisotopic (exact) mass is 472 g/mol. The Hall–Kier alpha value is -4.37. The van der Waals surface area contributed by atoms with E-state index in [1.54, 1.807) is 43.3 Å². The zero-order chi connectivity index (χ0) is 24.9. The number of nitro benzene ring substituents is 1. The molecule has 0 radical (unpaired) electrons. The fourth-order valence-electron chi connectivity index (χ4n) is 4.00. The van der Waals surface area contributed by atoms with Gasteiger partial charge in [0.25, 0.3) is 11.6 Å². The van der Waals surface area contributed by atoms with Crippen molar-refractivity contribution in [1.82, 2.24) is 9.91 Å². The largest absolute Gasteiger partial charge is 0.465 e. The van der Waals surface area contributed by atoms with Crippen molar-refractivity contribution in [2.45, 2.75) is 19.6 Å². The van der Waals surface area contributed by atoms with Crippen molar-refractivity contribution in [2.24, 2.45) is 5.10 Å². The van der Waals surface area contributed by atoms with Crippen molar-refractivity contribution in [3.8, 4) is 0 Å². The van der Waals surface area contributed by atoms with Gasteiger partial charge in [-0.25, -0.2) is 9.80 Å². The van der Waals surface area contributed by atoms with Gasteiger partial charge in [-0.3, -0.25) is 19.8 Å². The predicted molar refractivity (Wildman–Crippen MR) is 130 cm³/mol. The lowest BCUT2D eigenvalue weighted by molar-refractivity contribution is -0.384. The van der Waals surface area contributed by atoms with Crippen LogP contribution in [0.5, 0.6) is 0 Å². The smallest absolute Gasteiger partial charge is 0.337 e. The molecule has 3 aromatic rings. The van der Waals surface area contributed by atoms with Crippen LogP contribution in [-0.2, 0) is 16.1 Å². The third kappa shape index (κ3) is 5.25. The Bertz CT molecular complexity index is 1260. The Morgan fingerprint density at radius 2 is 1.66 bits per heavy atom. The molecule has 9 heteroatoms. The fraction of sp³-hybridized carbons (Fsp3) is 0.192. The van der Waals surface area contributed by atoms with Crippen molar-refractivity contribution in [2.75, 3.05) is 13.7 Å². The summed E-state index contributed by atoms with van der Waals surface area (Å²) in [5.74, 6) is -0.617. The maximum atomic E-state index is 13.1. The van der Waals surface area contributed by atoms with E-state index in [-0.39, 0.29) is 18.1 Å². The quantitative estimate of drug-likeness (QED) is 0.221. The van der Waals surface area contributed by atoms with Crippen molar-refractivity contribution >= 4 is 23.3 Å². The number of hydrogen-bond acceptors (Lipinski definition) is 7. The standard InChI is InChI=1S/C26H24N4O5/c1-18(20-12-14-23(15-13-20)30(33)34)27-29-24(31)17-28(16-19-6-4-3-5-7-19)25(29)21-8-10-22(11-9-21)26(32)35-2/h3-15,25H,16-17H2,1-2H3/b27-18-/t25-/m0/s1. The fourth-order valence-corrected chi connectivity index (χ4v) is 4.00. The average molecular weight is 473 g/mol. The second-order valence-electron chi connectivity index (χ2n) is 8.11. The molecule has 0 N–H and O–H groups in total. The lowest BCUT2D eigenvalue weighted by Gasteiger charge is -2.28. The van der Waals surface area contributed by atoms with E-state index in [9.17, 15) is 19.7 Å². The second-order valence-corrected chi connectivity index (χ2v) is 8.11. The Labute approximate surface area is 202 Å². The van der Waals surface area contributed by atoms with Crippen LogP contribution in [-0.4, -0.2) is 46.1 Å². The number of amides is 1. The summed E-state index contributed by atoms with van der Waals surface area (Å²) in [6, 6.07) is 22.8. The Kier molecular flexibility index (Phi) is 6.98. The van der Waals surface area contributed by atoms with Crippen molar-refractivity contribution in [3.05, 3.63) is 111 Å². The minimum absolute atomic E-state index is 0.0172. The molecular weight excluding hydrogens is 448 g/mol. The number of rotatable bonds is 7. The van der Waals surface area contributed by atoms with Crippen LogP contribution in [0, 0.1) is 10.1 Å².